The highest BCUT2D eigenvalue weighted by molar-refractivity contribution is 7.89. The summed E-state index contributed by atoms with van der Waals surface area (Å²) in [5.41, 5.74) is 1.43. The minimum atomic E-state index is -3.55. The van der Waals surface area contributed by atoms with Crippen LogP contribution in [0.15, 0.2) is 33.9 Å². The standard InChI is InChI=1S/C11H13N3O3S/c1-8-11(9(2)17-14-8)7-13-18(15,16)10-4-3-5-12-6-10/h3-6,13H,7H2,1-2H3. The molecule has 0 fully saturated rings. The quantitative estimate of drug-likeness (QED) is 0.898. The van der Waals surface area contributed by atoms with Crippen molar-refractivity contribution in [3.8, 4) is 0 Å². The maximum absolute atomic E-state index is 11.9. The highest BCUT2D eigenvalue weighted by atomic mass is 32.2. The zero-order valence-corrected chi connectivity index (χ0v) is 10.9. The van der Waals surface area contributed by atoms with Gasteiger partial charge in [0, 0.05) is 24.5 Å². The molecule has 7 heteroatoms. The van der Waals surface area contributed by atoms with Crippen molar-refractivity contribution in [2.24, 2.45) is 0 Å². The van der Waals surface area contributed by atoms with Gasteiger partial charge in [0.05, 0.1) is 5.69 Å². The zero-order chi connectivity index (χ0) is 13.2. The molecule has 2 aromatic heterocycles. The van der Waals surface area contributed by atoms with Crippen LogP contribution in [-0.4, -0.2) is 18.6 Å². The van der Waals surface area contributed by atoms with Gasteiger partial charge in [-0.15, -0.1) is 0 Å². The number of aryl methyl sites for hydroxylation is 2. The van der Waals surface area contributed by atoms with Crippen molar-refractivity contribution in [1.29, 1.82) is 0 Å². The molecule has 6 nitrogen and oxygen atoms in total. The van der Waals surface area contributed by atoms with E-state index in [1.807, 2.05) is 0 Å². The van der Waals surface area contributed by atoms with E-state index in [0.29, 0.717) is 11.5 Å². The average Bonchev–Trinajstić information content (AvgIpc) is 2.68. The maximum atomic E-state index is 11.9. The van der Waals surface area contributed by atoms with E-state index in [9.17, 15) is 8.42 Å². The first-order valence-corrected chi connectivity index (χ1v) is 6.80. The summed E-state index contributed by atoms with van der Waals surface area (Å²) >= 11 is 0. The second-order valence-electron chi connectivity index (χ2n) is 3.82. The van der Waals surface area contributed by atoms with Crippen LogP contribution in [0, 0.1) is 13.8 Å². The summed E-state index contributed by atoms with van der Waals surface area (Å²) in [6.45, 7) is 3.66. The number of hydrogen-bond donors (Lipinski definition) is 1. The van der Waals surface area contributed by atoms with Crippen LogP contribution < -0.4 is 4.72 Å². The maximum Gasteiger partial charge on any atom is 0.242 e. The Labute approximate surface area is 105 Å². The number of sulfonamides is 1. The van der Waals surface area contributed by atoms with Crippen LogP contribution in [0.25, 0.3) is 0 Å². The van der Waals surface area contributed by atoms with Crippen LogP contribution in [0.5, 0.6) is 0 Å². The van der Waals surface area contributed by atoms with Crippen LogP contribution in [0.1, 0.15) is 17.0 Å². The number of hydrogen-bond acceptors (Lipinski definition) is 5. The van der Waals surface area contributed by atoms with E-state index in [4.69, 9.17) is 4.52 Å². The van der Waals surface area contributed by atoms with Crippen molar-refractivity contribution in [1.82, 2.24) is 14.9 Å². The largest absolute Gasteiger partial charge is 0.361 e. The number of pyridine rings is 1. The molecule has 0 aliphatic rings. The number of aromatic nitrogens is 2. The van der Waals surface area contributed by atoms with Gasteiger partial charge in [-0.3, -0.25) is 4.98 Å². The molecule has 0 aliphatic heterocycles. The van der Waals surface area contributed by atoms with Gasteiger partial charge in [0.15, 0.2) is 0 Å². The Kier molecular flexibility index (Phi) is 3.44. The van der Waals surface area contributed by atoms with Crippen molar-refractivity contribution in [3.63, 3.8) is 0 Å². The predicted molar refractivity (Wildman–Crippen MR) is 64.2 cm³/mol. The molecule has 96 valence electrons. The smallest absolute Gasteiger partial charge is 0.242 e. The van der Waals surface area contributed by atoms with Gasteiger partial charge >= 0.3 is 0 Å². The van der Waals surface area contributed by atoms with E-state index in [0.717, 1.165) is 5.56 Å². The molecule has 2 aromatic rings. The topological polar surface area (TPSA) is 85.1 Å². The van der Waals surface area contributed by atoms with Gasteiger partial charge in [-0.1, -0.05) is 5.16 Å². The molecule has 0 radical (unpaired) electrons. The fraction of sp³-hybridized carbons (Fsp3) is 0.273. The molecule has 2 heterocycles. The fourth-order valence-electron chi connectivity index (χ4n) is 1.51. The van der Waals surface area contributed by atoms with Gasteiger partial charge in [-0.2, -0.15) is 0 Å². The lowest BCUT2D eigenvalue weighted by Crippen LogP contribution is -2.23. The Morgan fingerprint density at radius 1 is 1.39 bits per heavy atom. The summed E-state index contributed by atoms with van der Waals surface area (Å²) in [7, 11) is -3.55. The number of nitrogens with one attached hydrogen (secondary N) is 1. The van der Waals surface area contributed by atoms with E-state index >= 15 is 0 Å². The van der Waals surface area contributed by atoms with Crippen LogP contribution >= 0.6 is 0 Å². The molecule has 0 saturated heterocycles. The number of nitrogens with zero attached hydrogens (tertiary/aromatic N) is 2. The molecule has 0 aliphatic carbocycles. The molecule has 1 N–H and O–H groups in total. The third-order valence-electron chi connectivity index (χ3n) is 2.56. The molecule has 0 saturated carbocycles. The van der Waals surface area contributed by atoms with Crippen molar-refractivity contribution in [3.05, 3.63) is 41.5 Å². The van der Waals surface area contributed by atoms with Gasteiger partial charge in [-0.05, 0) is 26.0 Å². The van der Waals surface area contributed by atoms with Gasteiger partial charge in [0.1, 0.15) is 10.7 Å². The molecule has 0 bridgehead atoms. The molecular weight excluding hydrogens is 254 g/mol. The fourth-order valence-corrected chi connectivity index (χ4v) is 2.47. The molecule has 0 aromatic carbocycles. The molecular formula is C11H13N3O3S. The minimum Gasteiger partial charge on any atom is -0.361 e. The summed E-state index contributed by atoms with van der Waals surface area (Å²) in [5, 5.41) is 3.77. The van der Waals surface area contributed by atoms with Gasteiger partial charge < -0.3 is 4.52 Å². The second-order valence-corrected chi connectivity index (χ2v) is 5.58. The molecule has 18 heavy (non-hydrogen) atoms. The molecule has 0 spiro atoms. The third-order valence-corrected chi connectivity index (χ3v) is 3.95. The zero-order valence-electron chi connectivity index (χ0n) is 10.0. The highest BCUT2D eigenvalue weighted by Crippen LogP contribution is 2.13. The summed E-state index contributed by atoms with van der Waals surface area (Å²) in [6.07, 6.45) is 2.82. The lowest BCUT2D eigenvalue weighted by Gasteiger charge is -2.05. The Morgan fingerprint density at radius 2 is 2.17 bits per heavy atom. The summed E-state index contributed by atoms with van der Waals surface area (Å²) in [6, 6.07) is 3.06. The SMILES string of the molecule is Cc1noc(C)c1CNS(=O)(=O)c1cccnc1. The Bertz CT molecular complexity index is 615. The predicted octanol–water partition coefficient (Wildman–Crippen LogP) is 1.16. The summed E-state index contributed by atoms with van der Waals surface area (Å²) in [5.74, 6) is 0.612. The van der Waals surface area contributed by atoms with Crippen LogP contribution in [0.3, 0.4) is 0 Å². The normalized spacial score (nSPS) is 11.7. The monoisotopic (exact) mass is 267 g/mol. The Morgan fingerprint density at radius 3 is 2.72 bits per heavy atom. The Hall–Kier alpha value is -1.73. The first-order valence-electron chi connectivity index (χ1n) is 5.32. The summed E-state index contributed by atoms with van der Waals surface area (Å²) in [4.78, 5) is 3.92. The molecule has 0 atom stereocenters. The molecule has 0 amide bonds. The van der Waals surface area contributed by atoms with Crippen molar-refractivity contribution in [2.75, 3.05) is 0 Å². The summed E-state index contributed by atoms with van der Waals surface area (Å²) < 4.78 is 31.4. The highest BCUT2D eigenvalue weighted by Gasteiger charge is 2.16. The lowest BCUT2D eigenvalue weighted by molar-refractivity contribution is 0.392. The van der Waals surface area contributed by atoms with E-state index in [-0.39, 0.29) is 11.4 Å². The van der Waals surface area contributed by atoms with E-state index in [2.05, 4.69) is 14.9 Å². The van der Waals surface area contributed by atoms with Gasteiger partial charge in [0.25, 0.3) is 0 Å². The average molecular weight is 267 g/mol. The minimum absolute atomic E-state index is 0.136. The number of rotatable bonds is 4. The third kappa shape index (κ3) is 2.57. The van der Waals surface area contributed by atoms with Crippen LogP contribution in [0.4, 0.5) is 0 Å². The first-order chi connectivity index (χ1) is 8.50. The van der Waals surface area contributed by atoms with Crippen molar-refractivity contribution in [2.45, 2.75) is 25.3 Å². The van der Waals surface area contributed by atoms with Crippen molar-refractivity contribution >= 4 is 10.0 Å². The van der Waals surface area contributed by atoms with Gasteiger partial charge in [0.2, 0.25) is 10.0 Å². The van der Waals surface area contributed by atoms with Gasteiger partial charge in [-0.25, -0.2) is 13.1 Å². The van der Waals surface area contributed by atoms with E-state index in [1.54, 1.807) is 19.9 Å². The van der Waals surface area contributed by atoms with Crippen LogP contribution in [0.2, 0.25) is 0 Å². The van der Waals surface area contributed by atoms with Crippen LogP contribution in [-0.2, 0) is 16.6 Å². The Balaban J connectivity index is 2.16. The first kappa shape index (κ1) is 12.7. The molecule has 0 unspecified atom stereocenters. The lowest BCUT2D eigenvalue weighted by atomic mass is 10.2. The van der Waals surface area contributed by atoms with Crippen molar-refractivity contribution < 1.29 is 12.9 Å². The molecule has 2 rings (SSSR count). The second kappa shape index (κ2) is 4.87. The van der Waals surface area contributed by atoms with E-state index in [1.165, 1.54) is 18.5 Å². The van der Waals surface area contributed by atoms with E-state index < -0.39 is 10.0 Å².